The summed E-state index contributed by atoms with van der Waals surface area (Å²) in [5.74, 6) is 0. The highest BCUT2D eigenvalue weighted by atomic mass is 32.1. The van der Waals surface area contributed by atoms with E-state index in [1.54, 1.807) is 0 Å². The van der Waals surface area contributed by atoms with Gasteiger partial charge in [0.2, 0.25) is 0 Å². The van der Waals surface area contributed by atoms with E-state index < -0.39 is 16.1 Å². The van der Waals surface area contributed by atoms with Crippen LogP contribution in [0.4, 0.5) is 0 Å². The van der Waals surface area contributed by atoms with E-state index in [2.05, 4.69) is 143 Å². The Bertz CT molecular complexity index is 1710. The predicted molar refractivity (Wildman–Crippen MR) is 286 cm³/mol. The summed E-state index contributed by atoms with van der Waals surface area (Å²) >= 11 is 6.33. The Labute approximate surface area is 390 Å². The molecule has 0 spiro atoms. The minimum atomic E-state index is -1.91. The van der Waals surface area contributed by atoms with Crippen molar-refractivity contribution in [2.24, 2.45) is 0 Å². The molecule has 2 aliphatic rings. The maximum atomic E-state index is 5.87. The summed E-state index contributed by atoms with van der Waals surface area (Å²) in [5, 5.41) is 0. The number of rotatable bonds is 28. The lowest BCUT2D eigenvalue weighted by atomic mass is 9.97. The lowest BCUT2D eigenvalue weighted by Crippen LogP contribution is -2.55. The molecule has 61 heavy (non-hydrogen) atoms. The first kappa shape index (κ1) is 50.9. The fourth-order valence-electron chi connectivity index (χ4n) is 12.5. The monoisotopic (exact) mass is 919 g/mol. The first-order valence-corrected chi connectivity index (χ1v) is 32.8. The van der Waals surface area contributed by atoms with Crippen LogP contribution in [0.25, 0.3) is 30.7 Å². The zero-order valence-electron chi connectivity index (χ0n) is 41.9. The van der Waals surface area contributed by atoms with Crippen LogP contribution in [0.15, 0.2) is 12.2 Å². The molecule has 0 unspecified atom stereocenters. The first-order chi connectivity index (χ1) is 29.2. The summed E-state index contributed by atoms with van der Waals surface area (Å²) in [6.07, 6.45) is 32.3. The van der Waals surface area contributed by atoms with E-state index in [1.807, 2.05) is 0 Å². The largest absolute Gasteiger partial charge is 0.246 e. The molecule has 0 fully saturated rings. The van der Waals surface area contributed by atoms with Crippen molar-refractivity contribution in [2.45, 2.75) is 259 Å². The summed E-state index contributed by atoms with van der Waals surface area (Å²) in [6.45, 7) is 34.7. The van der Waals surface area contributed by atoms with Gasteiger partial charge in [-0.25, -0.2) is 9.97 Å². The zero-order valence-corrected chi connectivity index (χ0v) is 46.3. The number of thiophene rings is 1. The van der Waals surface area contributed by atoms with Crippen LogP contribution in [0.5, 0.6) is 0 Å². The van der Waals surface area contributed by atoms with Crippen molar-refractivity contribution >= 4 is 70.6 Å². The van der Waals surface area contributed by atoms with E-state index in [4.69, 9.17) is 9.97 Å². The van der Waals surface area contributed by atoms with Gasteiger partial charge < -0.3 is 0 Å². The molecule has 2 aliphatic carbocycles. The lowest BCUT2D eigenvalue weighted by molar-refractivity contribution is 0.566. The molecule has 3 aromatic heterocycles. The molecule has 0 aliphatic heterocycles. The van der Waals surface area contributed by atoms with Crippen LogP contribution in [0.2, 0.25) is 33.2 Å². The van der Waals surface area contributed by atoms with Crippen LogP contribution in [-0.2, 0) is 0 Å². The number of allylic oxidation sites excluding steroid dienone is 2. The van der Waals surface area contributed by atoms with Crippen molar-refractivity contribution in [1.29, 1.82) is 0 Å². The highest BCUT2D eigenvalue weighted by Gasteiger charge is 2.51. The van der Waals surface area contributed by atoms with E-state index in [0.29, 0.717) is 33.2 Å². The number of fused-ring (bicyclic) bond motifs is 7. The van der Waals surface area contributed by atoms with Crippen LogP contribution < -0.4 is 9.26 Å². The number of hydrogen-bond acceptors (Lipinski definition) is 5. The van der Waals surface area contributed by atoms with Crippen molar-refractivity contribution in [3.8, 4) is 19.5 Å². The van der Waals surface area contributed by atoms with Crippen molar-refractivity contribution in [1.82, 2.24) is 9.97 Å². The Kier molecular flexibility index (Phi) is 19.5. The maximum Gasteiger partial charge on any atom is 0.131 e. The predicted octanol–water partition coefficient (Wildman–Crippen LogP) is 19.1. The average molecular weight is 920 g/mol. The first-order valence-electron chi connectivity index (χ1n) is 25.8. The molecular weight excluding hydrogens is 829 g/mol. The minimum absolute atomic E-state index is 0.655. The van der Waals surface area contributed by atoms with E-state index in [1.165, 1.54) is 178 Å². The van der Waals surface area contributed by atoms with Crippen LogP contribution in [0.1, 0.15) is 248 Å². The quantitative estimate of drug-likeness (QED) is 0.0369. The van der Waals surface area contributed by atoms with Gasteiger partial charge in [0.15, 0.2) is 0 Å². The number of aromatic nitrogens is 2. The lowest BCUT2D eigenvalue weighted by Gasteiger charge is -2.41. The molecule has 3 aromatic rings. The van der Waals surface area contributed by atoms with Crippen LogP contribution in [0.3, 0.4) is 0 Å². The molecule has 3 heterocycles. The van der Waals surface area contributed by atoms with Gasteiger partial charge in [-0.3, -0.25) is 0 Å². The summed E-state index contributed by atoms with van der Waals surface area (Å²) in [4.78, 5) is 17.8. The van der Waals surface area contributed by atoms with Crippen LogP contribution in [0, 0.1) is 0 Å². The smallest absolute Gasteiger partial charge is 0.131 e. The minimum Gasteiger partial charge on any atom is -0.246 e. The Morgan fingerprint density at radius 2 is 0.656 bits per heavy atom. The molecule has 0 atom stereocenters. The Balaban J connectivity index is 1.57. The van der Waals surface area contributed by atoms with Crippen LogP contribution in [-0.4, -0.2) is 26.1 Å². The highest BCUT2D eigenvalue weighted by Crippen LogP contribution is 2.62. The zero-order chi connectivity index (χ0) is 44.5. The highest BCUT2D eigenvalue weighted by molar-refractivity contribution is 7.34. The molecule has 342 valence electrons. The molecule has 0 radical (unpaired) electrons. The van der Waals surface area contributed by atoms with Gasteiger partial charge >= 0.3 is 0 Å². The SMILES string of the molecule is CCCCCCCCCCC/C=C1\c2nc([Si](C(C)C)(C(C)C)C(C)C)sc2-c2sc3c(c21)/C(=C/CCCCCCCCCCC)c1nc([Si](C(C)C)(C(C)C)C(C)C)sc1-3. The van der Waals surface area contributed by atoms with Gasteiger partial charge in [0.1, 0.15) is 16.1 Å². The summed E-state index contributed by atoms with van der Waals surface area (Å²) in [5.41, 5.74) is 12.5. The van der Waals surface area contributed by atoms with Gasteiger partial charge in [0, 0.05) is 22.3 Å². The van der Waals surface area contributed by atoms with E-state index >= 15 is 0 Å². The second kappa shape index (κ2) is 23.4. The molecule has 2 nitrogen and oxygen atoms in total. The van der Waals surface area contributed by atoms with E-state index in [9.17, 15) is 0 Å². The Morgan fingerprint density at radius 3 is 0.934 bits per heavy atom. The molecule has 0 N–H and O–H groups in total. The van der Waals surface area contributed by atoms with Crippen molar-refractivity contribution < 1.29 is 0 Å². The molecule has 7 heteroatoms. The van der Waals surface area contributed by atoms with Crippen molar-refractivity contribution in [3.63, 3.8) is 0 Å². The molecule has 0 bridgehead atoms. The molecule has 0 amide bonds. The topological polar surface area (TPSA) is 25.8 Å². The van der Waals surface area contributed by atoms with Gasteiger partial charge in [-0.05, 0) is 58.9 Å². The molecule has 0 saturated heterocycles. The standard InChI is InChI=1S/C54H90N2S3Si2/c1-15-17-19-21-23-25-27-29-31-33-35-43-45-46-44(36-34-32-30-28-26-24-22-20-18-16-2)48-52(59-54(56-48)61(40(9)10,41(11)12)42(13)14)50(46)57-49(45)51-47(43)55-53(58-51)60(37(3)4,38(5)6)39(7)8/h35-42H,15-34H2,1-14H3/b43-35-,44-36-. The summed E-state index contributed by atoms with van der Waals surface area (Å²) in [7, 11) is -3.81. The molecular formula is C54H90N2S3Si2. The van der Waals surface area contributed by atoms with E-state index in [-0.39, 0.29) is 0 Å². The second-order valence-corrected chi connectivity index (χ2v) is 36.5. The summed E-state index contributed by atoms with van der Waals surface area (Å²) in [6, 6.07) is 0. The number of nitrogens with zero attached hydrogens (tertiary/aromatic N) is 2. The molecule has 0 aromatic carbocycles. The number of hydrogen-bond donors (Lipinski definition) is 0. The van der Waals surface area contributed by atoms with Gasteiger partial charge in [0.05, 0.1) is 40.2 Å². The number of unbranched alkanes of at least 4 members (excludes halogenated alkanes) is 18. The van der Waals surface area contributed by atoms with Crippen molar-refractivity contribution in [3.05, 3.63) is 34.7 Å². The molecule has 5 rings (SSSR count). The number of thiazole rings is 2. The van der Waals surface area contributed by atoms with Gasteiger partial charge in [-0.1, -0.05) is 212 Å². The third kappa shape index (κ3) is 10.5. The Hall–Kier alpha value is -1.13. The van der Waals surface area contributed by atoms with Gasteiger partial charge in [-0.15, -0.1) is 34.0 Å². The van der Waals surface area contributed by atoms with Gasteiger partial charge in [0.25, 0.3) is 0 Å². The van der Waals surface area contributed by atoms with Gasteiger partial charge in [-0.2, -0.15) is 0 Å². The van der Waals surface area contributed by atoms with Crippen LogP contribution >= 0.6 is 34.0 Å². The fourth-order valence-corrected chi connectivity index (χ4v) is 33.6. The second-order valence-electron chi connectivity index (χ2n) is 21.2. The fraction of sp³-hybridized carbons (Fsp3) is 0.741. The third-order valence-electron chi connectivity index (χ3n) is 15.4. The molecule has 0 saturated carbocycles. The average Bonchev–Trinajstić information content (AvgIpc) is 3.99. The van der Waals surface area contributed by atoms with E-state index in [0.717, 1.165) is 12.8 Å². The summed E-state index contributed by atoms with van der Waals surface area (Å²) < 4.78 is 3.02. The Morgan fingerprint density at radius 1 is 0.377 bits per heavy atom. The maximum absolute atomic E-state index is 5.87. The third-order valence-corrected chi connectivity index (χ3v) is 34.6. The van der Waals surface area contributed by atoms with Crippen molar-refractivity contribution in [2.75, 3.05) is 0 Å². The normalized spacial score (nSPS) is 15.3.